The highest BCUT2D eigenvalue weighted by molar-refractivity contribution is 5.32. The first-order chi connectivity index (χ1) is 9.72. The summed E-state index contributed by atoms with van der Waals surface area (Å²) in [6, 6.07) is 9.58. The van der Waals surface area contributed by atoms with E-state index in [0.29, 0.717) is 12.0 Å². The molecule has 1 heterocycles. The van der Waals surface area contributed by atoms with Gasteiger partial charge in [0, 0.05) is 31.6 Å². The Labute approximate surface area is 124 Å². The van der Waals surface area contributed by atoms with Crippen LogP contribution in [-0.2, 0) is 6.54 Å². The third-order valence-electron chi connectivity index (χ3n) is 4.44. The average Bonchev–Trinajstić information content (AvgIpc) is 2.46. The lowest BCUT2D eigenvalue weighted by Gasteiger charge is -2.34. The van der Waals surface area contributed by atoms with Crippen LogP contribution in [-0.4, -0.2) is 30.6 Å². The molecule has 0 fully saturated rings. The Balaban J connectivity index is 2.00. The standard InChI is InChI=1S/C18H30N2/c1-4-5-8-11-20(15(2)3)14-17-13-19-12-16-9-6-7-10-18(16)17/h6-7,9-10,15,17,19H,4-5,8,11-14H2,1-3H3. The zero-order valence-electron chi connectivity index (χ0n) is 13.4. The van der Waals surface area contributed by atoms with Gasteiger partial charge in [-0.05, 0) is 37.9 Å². The van der Waals surface area contributed by atoms with E-state index < -0.39 is 0 Å². The Hall–Kier alpha value is -0.860. The van der Waals surface area contributed by atoms with Crippen molar-refractivity contribution in [2.75, 3.05) is 19.6 Å². The largest absolute Gasteiger partial charge is 0.312 e. The van der Waals surface area contributed by atoms with E-state index in [0.717, 1.165) is 13.1 Å². The van der Waals surface area contributed by atoms with Crippen LogP contribution < -0.4 is 5.32 Å². The van der Waals surface area contributed by atoms with Crippen molar-refractivity contribution in [1.29, 1.82) is 0 Å². The molecule has 0 radical (unpaired) electrons. The van der Waals surface area contributed by atoms with Gasteiger partial charge in [-0.2, -0.15) is 0 Å². The van der Waals surface area contributed by atoms with E-state index in [-0.39, 0.29) is 0 Å². The second-order valence-electron chi connectivity index (χ2n) is 6.32. The number of unbranched alkanes of at least 4 members (excludes halogenated alkanes) is 2. The molecule has 0 saturated heterocycles. The van der Waals surface area contributed by atoms with Gasteiger partial charge in [0.1, 0.15) is 0 Å². The molecule has 1 aromatic carbocycles. The van der Waals surface area contributed by atoms with Crippen LogP contribution in [0, 0.1) is 0 Å². The lowest BCUT2D eigenvalue weighted by molar-refractivity contribution is 0.199. The normalized spacial score (nSPS) is 18.6. The summed E-state index contributed by atoms with van der Waals surface area (Å²) in [5, 5.41) is 3.58. The number of benzene rings is 1. The molecule has 112 valence electrons. The number of rotatable bonds is 7. The smallest absolute Gasteiger partial charge is 0.0208 e. The SMILES string of the molecule is CCCCCN(CC1CNCc2ccccc21)C(C)C. The minimum atomic E-state index is 0.640. The van der Waals surface area contributed by atoms with Crippen molar-refractivity contribution < 1.29 is 0 Å². The molecule has 20 heavy (non-hydrogen) atoms. The Morgan fingerprint density at radius 1 is 1.25 bits per heavy atom. The zero-order chi connectivity index (χ0) is 14.4. The topological polar surface area (TPSA) is 15.3 Å². The molecule has 1 N–H and O–H groups in total. The van der Waals surface area contributed by atoms with Gasteiger partial charge in [-0.3, -0.25) is 0 Å². The van der Waals surface area contributed by atoms with Crippen LogP contribution in [0.1, 0.15) is 57.1 Å². The lowest BCUT2D eigenvalue weighted by atomic mass is 9.90. The molecule has 0 bridgehead atoms. The molecule has 0 aliphatic carbocycles. The maximum absolute atomic E-state index is 3.58. The number of fused-ring (bicyclic) bond motifs is 1. The Bertz CT molecular complexity index is 400. The zero-order valence-corrected chi connectivity index (χ0v) is 13.4. The fourth-order valence-corrected chi connectivity index (χ4v) is 3.16. The molecular formula is C18H30N2. The quantitative estimate of drug-likeness (QED) is 0.761. The third kappa shape index (κ3) is 4.07. The fourth-order valence-electron chi connectivity index (χ4n) is 3.16. The number of hydrogen-bond acceptors (Lipinski definition) is 2. The summed E-state index contributed by atoms with van der Waals surface area (Å²) in [7, 11) is 0. The molecule has 0 saturated carbocycles. The van der Waals surface area contributed by atoms with Crippen LogP contribution in [0.2, 0.25) is 0 Å². The highest BCUT2D eigenvalue weighted by Gasteiger charge is 2.22. The van der Waals surface area contributed by atoms with Crippen molar-refractivity contribution in [2.45, 2.75) is 58.5 Å². The molecule has 2 rings (SSSR count). The third-order valence-corrected chi connectivity index (χ3v) is 4.44. The first-order valence-corrected chi connectivity index (χ1v) is 8.25. The fraction of sp³-hybridized carbons (Fsp3) is 0.667. The van der Waals surface area contributed by atoms with E-state index >= 15 is 0 Å². The van der Waals surface area contributed by atoms with Gasteiger partial charge in [0.15, 0.2) is 0 Å². The van der Waals surface area contributed by atoms with Gasteiger partial charge >= 0.3 is 0 Å². The second kappa shape index (κ2) is 7.80. The molecule has 0 aromatic heterocycles. The van der Waals surface area contributed by atoms with Gasteiger partial charge in [0.25, 0.3) is 0 Å². The predicted molar refractivity (Wildman–Crippen MR) is 87.1 cm³/mol. The van der Waals surface area contributed by atoms with Gasteiger partial charge in [0.2, 0.25) is 0 Å². The minimum Gasteiger partial charge on any atom is -0.312 e. The van der Waals surface area contributed by atoms with Crippen LogP contribution in [0.5, 0.6) is 0 Å². The van der Waals surface area contributed by atoms with Crippen molar-refractivity contribution in [3.05, 3.63) is 35.4 Å². The van der Waals surface area contributed by atoms with E-state index in [1.807, 2.05) is 0 Å². The van der Waals surface area contributed by atoms with Gasteiger partial charge in [-0.25, -0.2) is 0 Å². The monoisotopic (exact) mass is 274 g/mol. The molecule has 2 heteroatoms. The number of hydrogen-bond donors (Lipinski definition) is 1. The molecule has 1 unspecified atom stereocenters. The molecule has 1 atom stereocenters. The molecule has 0 amide bonds. The molecule has 1 aromatic rings. The molecular weight excluding hydrogens is 244 g/mol. The first-order valence-electron chi connectivity index (χ1n) is 8.25. The van der Waals surface area contributed by atoms with Crippen LogP contribution in [0.4, 0.5) is 0 Å². The van der Waals surface area contributed by atoms with Gasteiger partial charge in [-0.15, -0.1) is 0 Å². The van der Waals surface area contributed by atoms with Crippen LogP contribution in [0.15, 0.2) is 24.3 Å². The van der Waals surface area contributed by atoms with Gasteiger partial charge in [0.05, 0.1) is 0 Å². The highest BCUT2D eigenvalue weighted by atomic mass is 15.1. The van der Waals surface area contributed by atoms with E-state index in [1.54, 1.807) is 5.56 Å². The van der Waals surface area contributed by atoms with Crippen LogP contribution in [0.3, 0.4) is 0 Å². The van der Waals surface area contributed by atoms with Crippen molar-refractivity contribution >= 4 is 0 Å². The summed E-state index contributed by atoms with van der Waals surface area (Å²) in [6.45, 7) is 11.5. The molecule has 0 spiro atoms. The minimum absolute atomic E-state index is 0.640. The maximum atomic E-state index is 3.58. The van der Waals surface area contributed by atoms with Gasteiger partial charge < -0.3 is 10.2 Å². The second-order valence-corrected chi connectivity index (χ2v) is 6.32. The summed E-state index contributed by atoms with van der Waals surface area (Å²) >= 11 is 0. The summed E-state index contributed by atoms with van der Waals surface area (Å²) in [4.78, 5) is 2.66. The average molecular weight is 274 g/mol. The summed E-state index contributed by atoms with van der Waals surface area (Å²) in [5.41, 5.74) is 3.05. The van der Waals surface area contributed by atoms with Crippen molar-refractivity contribution in [3.8, 4) is 0 Å². The van der Waals surface area contributed by atoms with E-state index in [1.165, 1.54) is 37.9 Å². The Kier molecular flexibility index (Phi) is 6.06. The summed E-state index contributed by atoms with van der Waals surface area (Å²) < 4.78 is 0. The Morgan fingerprint density at radius 3 is 2.80 bits per heavy atom. The lowest BCUT2D eigenvalue weighted by Crippen LogP contribution is -2.40. The number of nitrogens with one attached hydrogen (secondary N) is 1. The van der Waals surface area contributed by atoms with Crippen LogP contribution >= 0.6 is 0 Å². The van der Waals surface area contributed by atoms with E-state index in [2.05, 4.69) is 55.3 Å². The van der Waals surface area contributed by atoms with Crippen molar-refractivity contribution in [2.24, 2.45) is 0 Å². The first kappa shape index (κ1) is 15.5. The van der Waals surface area contributed by atoms with Crippen molar-refractivity contribution in [3.63, 3.8) is 0 Å². The van der Waals surface area contributed by atoms with E-state index in [4.69, 9.17) is 0 Å². The van der Waals surface area contributed by atoms with E-state index in [9.17, 15) is 0 Å². The van der Waals surface area contributed by atoms with Crippen LogP contribution in [0.25, 0.3) is 0 Å². The predicted octanol–water partition coefficient (Wildman–Crippen LogP) is 3.77. The van der Waals surface area contributed by atoms with Crippen molar-refractivity contribution in [1.82, 2.24) is 10.2 Å². The molecule has 2 nitrogen and oxygen atoms in total. The Morgan fingerprint density at radius 2 is 2.05 bits per heavy atom. The highest BCUT2D eigenvalue weighted by Crippen LogP contribution is 2.25. The summed E-state index contributed by atoms with van der Waals surface area (Å²) in [6.07, 6.45) is 3.99. The van der Waals surface area contributed by atoms with Gasteiger partial charge in [-0.1, -0.05) is 44.0 Å². The molecule has 1 aliphatic heterocycles. The number of nitrogens with zero attached hydrogens (tertiary/aromatic N) is 1. The maximum Gasteiger partial charge on any atom is 0.0208 e. The molecule has 1 aliphatic rings. The summed E-state index contributed by atoms with van der Waals surface area (Å²) in [5.74, 6) is 0.643.